The average molecular weight is 378 g/mol. The lowest BCUT2D eigenvalue weighted by Crippen LogP contribution is -2.41. The molecule has 1 fully saturated rings. The van der Waals surface area contributed by atoms with E-state index >= 15 is 0 Å². The Bertz CT molecular complexity index is 627. The molecule has 1 heterocycles. The molecule has 2 rings (SSSR count). The molecule has 0 radical (unpaired) electrons. The van der Waals surface area contributed by atoms with Gasteiger partial charge in [-0.3, -0.25) is 20.4 Å². The van der Waals surface area contributed by atoms with E-state index in [2.05, 4.69) is 24.7 Å². The molecule has 1 unspecified atom stereocenters. The molecule has 1 saturated heterocycles. The van der Waals surface area contributed by atoms with Crippen LogP contribution in [0.2, 0.25) is 0 Å². The van der Waals surface area contributed by atoms with Crippen molar-refractivity contribution in [3.63, 3.8) is 0 Å². The smallest absolute Gasteiger partial charge is 0.269 e. The first-order chi connectivity index (χ1) is 13.0. The fraction of sp³-hybridized carbons (Fsp3) is 0.600. The van der Waals surface area contributed by atoms with E-state index < -0.39 is 5.91 Å². The van der Waals surface area contributed by atoms with Crippen molar-refractivity contribution in [1.29, 1.82) is 0 Å². The third-order valence-corrected chi connectivity index (χ3v) is 4.41. The lowest BCUT2D eigenvalue weighted by atomic mass is 10.1. The van der Waals surface area contributed by atoms with Gasteiger partial charge in [-0.15, -0.1) is 0 Å². The standard InChI is InChI=1S/C20H30N2O5/c1-14(2)10-12-27-17-8-6-15(13-18(17)25-3)20(24)22-21-19(23)9-7-16-5-4-11-26-16/h6,8,13-14,16H,4-5,7,9-12H2,1-3H3,(H,21,23)(H,22,24). The lowest BCUT2D eigenvalue weighted by molar-refractivity contribution is -0.122. The van der Waals surface area contributed by atoms with Crippen LogP contribution in [0.25, 0.3) is 0 Å². The number of ether oxygens (including phenoxy) is 3. The zero-order valence-corrected chi connectivity index (χ0v) is 16.4. The third kappa shape index (κ3) is 7.09. The predicted octanol–water partition coefficient (Wildman–Crippen LogP) is 2.84. The van der Waals surface area contributed by atoms with Gasteiger partial charge in [-0.25, -0.2) is 0 Å². The van der Waals surface area contributed by atoms with Crippen molar-refractivity contribution in [2.75, 3.05) is 20.3 Å². The second kappa shape index (κ2) is 10.8. The monoisotopic (exact) mass is 378 g/mol. The van der Waals surface area contributed by atoms with Crippen LogP contribution in [0.1, 0.15) is 56.3 Å². The number of hydrazine groups is 1. The van der Waals surface area contributed by atoms with Crippen LogP contribution in [0.4, 0.5) is 0 Å². The maximum atomic E-state index is 12.2. The number of hydrogen-bond acceptors (Lipinski definition) is 5. The summed E-state index contributed by atoms with van der Waals surface area (Å²) < 4.78 is 16.5. The summed E-state index contributed by atoms with van der Waals surface area (Å²) in [7, 11) is 1.53. The number of carbonyl (C=O) groups is 2. The van der Waals surface area contributed by atoms with Crippen molar-refractivity contribution in [2.45, 2.75) is 52.1 Å². The van der Waals surface area contributed by atoms with Crippen molar-refractivity contribution >= 4 is 11.8 Å². The Morgan fingerprint density at radius 2 is 2.07 bits per heavy atom. The second-order valence-corrected chi connectivity index (χ2v) is 7.07. The summed E-state index contributed by atoms with van der Waals surface area (Å²) in [4.78, 5) is 24.1. The average Bonchev–Trinajstić information content (AvgIpc) is 3.18. The van der Waals surface area contributed by atoms with E-state index in [0.29, 0.717) is 42.4 Å². The Morgan fingerprint density at radius 3 is 2.74 bits per heavy atom. The summed E-state index contributed by atoms with van der Waals surface area (Å²) in [5.41, 5.74) is 5.24. The number of nitrogens with one attached hydrogen (secondary N) is 2. The summed E-state index contributed by atoms with van der Waals surface area (Å²) in [6.45, 7) is 5.61. The van der Waals surface area contributed by atoms with Gasteiger partial charge in [-0.2, -0.15) is 0 Å². The minimum absolute atomic E-state index is 0.152. The zero-order valence-electron chi connectivity index (χ0n) is 16.4. The molecule has 1 aliphatic heterocycles. The third-order valence-electron chi connectivity index (χ3n) is 4.41. The predicted molar refractivity (Wildman–Crippen MR) is 102 cm³/mol. The second-order valence-electron chi connectivity index (χ2n) is 7.07. The van der Waals surface area contributed by atoms with Crippen molar-refractivity contribution in [3.8, 4) is 11.5 Å². The number of methoxy groups -OCH3 is 1. The van der Waals surface area contributed by atoms with Crippen LogP contribution in [-0.2, 0) is 9.53 Å². The van der Waals surface area contributed by atoms with Gasteiger partial charge in [0.1, 0.15) is 0 Å². The van der Waals surface area contributed by atoms with Gasteiger partial charge in [-0.05, 0) is 49.8 Å². The summed E-state index contributed by atoms with van der Waals surface area (Å²) in [5.74, 6) is 0.975. The van der Waals surface area contributed by atoms with Crippen molar-refractivity contribution in [3.05, 3.63) is 23.8 Å². The fourth-order valence-corrected chi connectivity index (χ4v) is 2.76. The van der Waals surface area contributed by atoms with Crippen LogP contribution in [0, 0.1) is 5.92 Å². The Kier molecular flexibility index (Phi) is 8.39. The molecular weight excluding hydrogens is 348 g/mol. The van der Waals surface area contributed by atoms with Crippen molar-refractivity contribution < 1.29 is 23.8 Å². The first-order valence-electron chi connectivity index (χ1n) is 9.51. The minimum Gasteiger partial charge on any atom is -0.493 e. The molecule has 7 nitrogen and oxygen atoms in total. The van der Waals surface area contributed by atoms with Gasteiger partial charge in [0.25, 0.3) is 5.91 Å². The Labute approximate surface area is 160 Å². The largest absolute Gasteiger partial charge is 0.493 e. The van der Waals surface area contributed by atoms with E-state index in [-0.39, 0.29) is 12.0 Å². The molecule has 0 saturated carbocycles. The normalized spacial score (nSPS) is 16.2. The molecule has 150 valence electrons. The van der Waals surface area contributed by atoms with Gasteiger partial charge in [0.15, 0.2) is 11.5 Å². The summed E-state index contributed by atoms with van der Waals surface area (Å²) in [6.07, 6.45) is 4.10. The molecule has 1 atom stereocenters. The van der Waals surface area contributed by atoms with Gasteiger partial charge in [0, 0.05) is 18.6 Å². The molecule has 0 spiro atoms. The SMILES string of the molecule is COc1cc(C(=O)NNC(=O)CCC2CCCO2)ccc1OCCC(C)C. The van der Waals surface area contributed by atoms with Crippen LogP contribution in [0.15, 0.2) is 18.2 Å². The summed E-state index contributed by atoms with van der Waals surface area (Å²) in [6, 6.07) is 4.94. The van der Waals surface area contributed by atoms with E-state index in [0.717, 1.165) is 25.9 Å². The highest BCUT2D eigenvalue weighted by Gasteiger charge is 2.17. The zero-order chi connectivity index (χ0) is 19.6. The summed E-state index contributed by atoms with van der Waals surface area (Å²) in [5, 5.41) is 0. The van der Waals surface area contributed by atoms with E-state index in [1.165, 1.54) is 7.11 Å². The van der Waals surface area contributed by atoms with Crippen LogP contribution in [0.5, 0.6) is 11.5 Å². The minimum atomic E-state index is -0.410. The van der Waals surface area contributed by atoms with E-state index in [1.54, 1.807) is 18.2 Å². The van der Waals surface area contributed by atoms with Gasteiger partial charge in [-0.1, -0.05) is 13.8 Å². The van der Waals surface area contributed by atoms with E-state index in [1.807, 2.05) is 0 Å². The number of rotatable bonds is 9. The molecule has 0 aromatic heterocycles. The quantitative estimate of drug-likeness (QED) is 0.646. The van der Waals surface area contributed by atoms with Crippen LogP contribution < -0.4 is 20.3 Å². The van der Waals surface area contributed by atoms with E-state index in [4.69, 9.17) is 14.2 Å². The maximum absolute atomic E-state index is 12.2. The number of carbonyl (C=O) groups excluding carboxylic acids is 2. The van der Waals surface area contributed by atoms with Crippen molar-refractivity contribution in [2.24, 2.45) is 5.92 Å². The van der Waals surface area contributed by atoms with Gasteiger partial charge in [0.2, 0.25) is 5.91 Å². The van der Waals surface area contributed by atoms with Gasteiger partial charge >= 0.3 is 0 Å². The first-order valence-corrected chi connectivity index (χ1v) is 9.51. The van der Waals surface area contributed by atoms with Gasteiger partial charge < -0.3 is 14.2 Å². The lowest BCUT2D eigenvalue weighted by Gasteiger charge is -2.13. The number of benzene rings is 1. The topological polar surface area (TPSA) is 85.9 Å². The first kappa shape index (κ1) is 21.0. The molecule has 1 aromatic carbocycles. The molecule has 2 amide bonds. The Hall–Kier alpha value is -2.28. The molecular formula is C20H30N2O5. The molecule has 7 heteroatoms. The van der Waals surface area contributed by atoms with Crippen LogP contribution in [-0.4, -0.2) is 38.2 Å². The molecule has 0 bridgehead atoms. The molecule has 27 heavy (non-hydrogen) atoms. The number of amides is 2. The van der Waals surface area contributed by atoms with Gasteiger partial charge in [0.05, 0.1) is 19.8 Å². The molecule has 1 aliphatic rings. The maximum Gasteiger partial charge on any atom is 0.269 e. The summed E-state index contributed by atoms with van der Waals surface area (Å²) >= 11 is 0. The molecule has 0 aliphatic carbocycles. The highest BCUT2D eigenvalue weighted by molar-refractivity contribution is 5.96. The van der Waals surface area contributed by atoms with E-state index in [9.17, 15) is 9.59 Å². The fourth-order valence-electron chi connectivity index (χ4n) is 2.76. The molecule has 2 N–H and O–H groups in total. The highest BCUT2D eigenvalue weighted by Crippen LogP contribution is 2.28. The van der Waals surface area contributed by atoms with Crippen LogP contribution >= 0.6 is 0 Å². The Balaban J connectivity index is 1.81. The van der Waals surface area contributed by atoms with Crippen molar-refractivity contribution in [1.82, 2.24) is 10.9 Å². The molecule has 1 aromatic rings. The number of hydrogen-bond donors (Lipinski definition) is 2. The Morgan fingerprint density at radius 1 is 1.26 bits per heavy atom. The van der Waals surface area contributed by atoms with Crippen LogP contribution in [0.3, 0.4) is 0 Å². The highest BCUT2D eigenvalue weighted by atomic mass is 16.5.